The van der Waals surface area contributed by atoms with Crippen molar-refractivity contribution in [2.45, 2.75) is 16.3 Å². The van der Waals surface area contributed by atoms with Crippen LogP contribution in [0.2, 0.25) is 0 Å². The van der Waals surface area contributed by atoms with Crippen molar-refractivity contribution in [2.75, 3.05) is 0 Å². The van der Waals surface area contributed by atoms with Crippen LogP contribution in [0.1, 0.15) is 16.7 Å². The molecule has 0 saturated heterocycles. The number of halogens is 9. The molecule has 0 saturated carbocycles. The maximum absolute atomic E-state index is 5.83. The van der Waals surface area contributed by atoms with Gasteiger partial charge >= 0.3 is 0 Å². The summed E-state index contributed by atoms with van der Waals surface area (Å²) >= 11 is 56.6. The first-order valence-electron chi connectivity index (χ1n) is 4.33. The van der Waals surface area contributed by atoms with Crippen molar-refractivity contribution >= 4 is 147 Å². The first kappa shape index (κ1) is 23.2. The van der Waals surface area contributed by atoms with E-state index in [4.69, 9.17) is 104 Å². The fourth-order valence-electron chi connectivity index (χ4n) is 1.23. The van der Waals surface area contributed by atoms with E-state index in [1.807, 2.05) is 0 Å². The molecule has 0 spiro atoms. The van der Waals surface area contributed by atoms with Crippen LogP contribution in [0.25, 0.3) is 0 Å². The molecule has 0 aliphatic rings. The maximum atomic E-state index is 5.83. The van der Waals surface area contributed by atoms with Crippen molar-refractivity contribution in [1.82, 2.24) is 0 Å². The van der Waals surface area contributed by atoms with Gasteiger partial charge in [-0.15, -0.1) is 12.6 Å². The third kappa shape index (κ3) is 6.24. The Hall–Kier alpha value is 3.18. The topological polar surface area (TPSA) is 0 Å². The quantitative estimate of drug-likeness (QED) is 0.227. The summed E-state index contributed by atoms with van der Waals surface area (Å²) in [5.41, 5.74) is 0.481. The van der Waals surface area contributed by atoms with Crippen LogP contribution >= 0.6 is 117 Å². The van der Waals surface area contributed by atoms with Crippen LogP contribution in [0.5, 0.6) is 0 Å². The second kappa shape index (κ2) is 8.04. The van der Waals surface area contributed by atoms with Gasteiger partial charge in [0.2, 0.25) is 11.4 Å². The Morgan fingerprint density at radius 1 is 0.650 bits per heavy atom. The number of alkyl halides is 9. The van der Waals surface area contributed by atoms with E-state index >= 15 is 0 Å². The summed E-state index contributed by atoms with van der Waals surface area (Å²) in [5, 5.41) is 0. The molecule has 0 aliphatic heterocycles. The second-order valence-electron chi connectivity index (χ2n) is 3.41. The molecule has 0 bridgehead atoms. The van der Waals surface area contributed by atoms with Crippen molar-refractivity contribution in [3.63, 3.8) is 0 Å². The molecule has 20 heavy (non-hydrogen) atoms. The average molecular weight is 485 g/mol. The van der Waals surface area contributed by atoms with Gasteiger partial charge in [0.1, 0.15) is 0 Å². The summed E-state index contributed by atoms with van der Waals surface area (Å²) in [6.07, 6.45) is 0. The molecule has 0 nitrogen and oxygen atoms in total. The van der Waals surface area contributed by atoms with Gasteiger partial charge in [0, 0.05) is 51.1 Å². The van der Waals surface area contributed by atoms with Gasteiger partial charge in [-0.25, -0.2) is 0 Å². The summed E-state index contributed by atoms with van der Waals surface area (Å²) in [6, 6.07) is 2.75. The van der Waals surface area contributed by atoms with E-state index in [9.17, 15) is 0 Å². The van der Waals surface area contributed by atoms with Crippen molar-refractivity contribution in [1.29, 1.82) is 0 Å². The molecular weight excluding hydrogens is 482 g/mol. The molecule has 0 aromatic heterocycles. The van der Waals surface area contributed by atoms with Crippen LogP contribution in [-0.2, 0) is 11.4 Å². The molecule has 109 valence electrons. The van der Waals surface area contributed by atoms with Gasteiger partial charge in [0.15, 0.2) is 0 Å². The van der Waals surface area contributed by atoms with Crippen LogP contribution in [0, 0.1) is 0 Å². The van der Waals surface area contributed by atoms with E-state index in [-0.39, 0.29) is 51.1 Å². The molecule has 0 atom stereocenters. The number of benzene rings is 1. The first-order chi connectivity index (χ1) is 8.24. The molecular formula is C9H3Cl9NaS. The van der Waals surface area contributed by atoms with E-state index in [2.05, 4.69) is 12.6 Å². The molecule has 0 heterocycles. The largest absolute Gasteiger partial charge is 0.217 e. The molecule has 1 radical (unpaired) electrons. The summed E-state index contributed by atoms with van der Waals surface area (Å²) in [6.45, 7) is 0. The third-order valence-corrected chi connectivity index (χ3v) is 4.41. The fourth-order valence-corrected chi connectivity index (χ4v) is 3.31. The van der Waals surface area contributed by atoms with Crippen LogP contribution < -0.4 is 0 Å². The van der Waals surface area contributed by atoms with Crippen molar-refractivity contribution in [3.05, 3.63) is 28.8 Å². The molecule has 0 amide bonds. The second-order valence-corrected chi connectivity index (χ2v) is 10.7. The van der Waals surface area contributed by atoms with Gasteiger partial charge in [-0.1, -0.05) is 104 Å². The van der Waals surface area contributed by atoms with E-state index in [1.54, 1.807) is 0 Å². The van der Waals surface area contributed by atoms with Gasteiger partial charge in [-0.05, 0) is 12.1 Å². The average Bonchev–Trinajstić information content (AvgIpc) is 2.11. The Balaban J connectivity index is 0.00000361. The minimum atomic E-state index is -1.81. The minimum Gasteiger partial charge on any atom is -0.143 e. The molecule has 1 rings (SSSR count). The SMILES string of the molecule is Sc1c(C(Cl)(Cl)Cl)cc(C(Cl)(Cl)Cl)cc1C(Cl)(Cl)Cl.[Na]. The zero-order valence-corrected chi connectivity index (χ0v) is 19.2. The molecule has 0 N–H and O–H groups in total. The van der Waals surface area contributed by atoms with E-state index in [0.717, 1.165) is 0 Å². The Morgan fingerprint density at radius 2 is 0.950 bits per heavy atom. The van der Waals surface area contributed by atoms with Gasteiger partial charge < -0.3 is 0 Å². The van der Waals surface area contributed by atoms with Crippen LogP contribution in [0.15, 0.2) is 17.0 Å². The molecule has 0 fully saturated rings. The van der Waals surface area contributed by atoms with E-state index < -0.39 is 11.4 Å². The Morgan fingerprint density at radius 3 is 1.15 bits per heavy atom. The Labute approximate surface area is 189 Å². The molecule has 1 aromatic rings. The standard InChI is InChI=1S/C9H3Cl9S.Na/c10-7(11,12)3-1-4(8(13,14)15)6(19)5(2-3)9(16,17)18;/h1-2,19H;. The van der Waals surface area contributed by atoms with Crippen molar-refractivity contribution in [2.24, 2.45) is 0 Å². The smallest absolute Gasteiger partial charge is 0.143 e. The van der Waals surface area contributed by atoms with Gasteiger partial charge in [0.05, 0.1) is 0 Å². The number of thiol groups is 1. The number of hydrogen-bond acceptors (Lipinski definition) is 1. The number of rotatable bonds is 0. The van der Waals surface area contributed by atoms with Gasteiger partial charge in [-0.2, -0.15) is 0 Å². The van der Waals surface area contributed by atoms with Gasteiger partial charge in [-0.3, -0.25) is 0 Å². The Kier molecular flexibility index (Phi) is 9.32. The minimum absolute atomic E-state index is 0. The molecule has 0 unspecified atom stereocenters. The number of hydrogen-bond donors (Lipinski definition) is 1. The van der Waals surface area contributed by atoms with E-state index in [1.165, 1.54) is 12.1 Å². The maximum Gasteiger partial charge on any atom is 0.217 e. The monoisotopic (exact) mass is 481 g/mol. The first-order valence-corrected chi connectivity index (χ1v) is 8.18. The van der Waals surface area contributed by atoms with Crippen molar-refractivity contribution in [3.8, 4) is 0 Å². The summed E-state index contributed by atoms with van der Waals surface area (Å²) in [5.74, 6) is 0. The van der Waals surface area contributed by atoms with Crippen LogP contribution in [0.4, 0.5) is 0 Å². The third-order valence-electron chi connectivity index (χ3n) is 2.05. The summed E-state index contributed by atoms with van der Waals surface area (Å²) in [4.78, 5) is 0.193. The van der Waals surface area contributed by atoms with Crippen LogP contribution in [0.3, 0.4) is 0 Å². The normalized spacial score (nSPS) is 13.1. The summed E-state index contributed by atoms with van der Waals surface area (Å²) < 4.78 is -5.39. The van der Waals surface area contributed by atoms with Gasteiger partial charge in [0.25, 0.3) is 0 Å². The zero-order valence-electron chi connectivity index (χ0n) is 9.50. The van der Waals surface area contributed by atoms with E-state index in [0.29, 0.717) is 0 Å². The molecule has 11 heteroatoms. The predicted octanol–water partition coefficient (Wildman–Crippen LogP) is 7.07. The molecule has 1 aromatic carbocycles. The Bertz CT molecular complexity index is 451. The summed E-state index contributed by atoms with van der Waals surface area (Å²) in [7, 11) is 0. The predicted molar refractivity (Wildman–Crippen MR) is 97.2 cm³/mol. The fraction of sp³-hybridized carbons (Fsp3) is 0.333. The molecule has 0 aliphatic carbocycles. The van der Waals surface area contributed by atoms with Crippen LogP contribution in [-0.4, -0.2) is 29.6 Å². The zero-order chi connectivity index (χ0) is 15.2. The van der Waals surface area contributed by atoms with Crippen molar-refractivity contribution < 1.29 is 0 Å².